The lowest BCUT2D eigenvalue weighted by Gasteiger charge is -2.39. The first-order valence-corrected chi connectivity index (χ1v) is 12.1. The number of nitrogens with one attached hydrogen (secondary N) is 1. The second kappa shape index (κ2) is 10.5. The number of carboxylic acid groups (broad SMARTS) is 1. The van der Waals surface area contributed by atoms with Crippen molar-refractivity contribution in [2.75, 3.05) is 18.0 Å². The summed E-state index contributed by atoms with van der Waals surface area (Å²) in [4.78, 5) is 27.8. The Morgan fingerprint density at radius 3 is 2.62 bits per heavy atom. The summed E-state index contributed by atoms with van der Waals surface area (Å²) in [6, 6.07) is 23.4. The molecule has 4 rings (SSSR count). The molecule has 34 heavy (non-hydrogen) atoms. The van der Waals surface area contributed by atoms with Crippen molar-refractivity contribution in [2.45, 2.75) is 35.3 Å². The van der Waals surface area contributed by atoms with E-state index in [1.54, 1.807) is 23.6 Å². The number of hydrogen-bond donors (Lipinski definition) is 2. The van der Waals surface area contributed by atoms with Crippen LogP contribution >= 0.6 is 23.4 Å². The van der Waals surface area contributed by atoms with Crippen molar-refractivity contribution >= 4 is 40.9 Å². The number of rotatable bonds is 8. The molecule has 3 aromatic carbocycles. The Kier molecular flexibility index (Phi) is 7.46. The fourth-order valence-electron chi connectivity index (χ4n) is 3.86. The molecule has 0 aromatic heterocycles. The first-order chi connectivity index (χ1) is 16.3. The van der Waals surface area contributed by atoms with E-state index in [4.69, 9.17) is 16.3 Å². The molecular formula is C26H25ClN2O4S. The molecule has 176 valence electrons. The van der Waals surface area contributed by atoms with Crippen LogP contribution in [-0.4, -0.2) is 35.6 Å². The van der Waals surface area contributed by atoms with Gasteiger partial charge in [0.25, 0.3) is 0 Å². The molecule has 2 N–H and O–H groups in total. The maximum absolute atomic E-state index is 13.0. The summed E-state index contributed by atoms with van der Waals surface area (Å²) >= 11 is 8.12. The normalized spacial score (nSPS) is 18.1. The summed E-state index contributed by atoms with van der Waals surface area (Å²) in [6.45, 7) is 3.01. The zero-order chi connectivity index (χ0) is 24.1. The summed E-state index contributed by atoms with van der Waals surface area (Å²) in [5.74, 6) is -0.551. The van der Waals surface area contributed by atoms with Crippen molar-refractivity contribution in [3.63, 3.8) is 0 Å². The number of halogens is 1. The molecule has 1 aliphatic heterocycles. The van der Waals surface area contributed by atoms with E-state index in [-0.39, 0.29) is 12.3 Å². The van der Waals surface area contributed by atoms with Crippen molar-refractivity contribution in [1.82, 2.24) is 5.32 Å². The third kappa shape index (κ3) is 5.73. The van der Waals surface area contributed by atoms with E-state index in [0.29, 0.717) is 30.4 Å². The molecule has 0 saturated carbocycles. The largest absolute Gasteiger partial charge is 0.489 e. The summed E-state index contributed by atoms with van der Waals surface area (Å²) in [5.41, 5.74) is 0.514. The second-order valence-corrected chi connectivity index (χ2v) is 9.80. The quantitative estimate of drug-likeness (QED) is 0.444. The van der Waals surface area contributed by atoms with Gasteiger partial charge in [0, 0.05) is 22.9 Å². The van der Waals surface area contributed by atoms with Gasteiger partial charge in [-0.05, 0) is 48.9 Å². The Balaban J connectivity index is 1.45. The van der Waals surface area contributed by atoms with Crippen LogP contribution in [-0.2, 0) is 16.2 Å². The minimum atomic E-state index is -1.17. The number of ether oxygens (including phenoxy) is 1. The summed E-state index contributed by atoms with van der Waals surface area (Å²) in [7, 11) is 0. The molecule has 0 unspecified atom stereocenters. The highest BCUT2D eigenvalue weighted by Crippen LogP contribution is 2.36. The van der Waals surface area contributed by atoms with Gasteiger partial charge >= 0.3 is 5.97 Å². The first kappa shape index (κ1) is 24.1. The van der Waals surface area contributed by atoms with E-state index in [9.17, 15) is 14.7 Å². The molecule has 6 nitrogen and oxygen atoms in total. The van der Waals surface area contributed by atoms with Crippen molar-refractivity contribution in [1.29, 1.82) is 0 Å². The van der Waals surface area contributed by atoms with E-state index in [1.165, 1.54) is 0 Å². The average Bonchev–Trinajstić information content (AvgIpc) is 2.81. The van der Waals surface area contributed by atoms with Crippen molar-refractivity contribution in [3.05, 3.63) is 83.4 Å². The van der Waals surface area contributed by atoms with Gasteiger partial charge in [-0.3, -0.25) is 9.59 Å². The first-order valence-electron chi connectivity index (χ1n) is 10.9. The predicted octanol–water partition coefficient (Wildman–Crippen LogP) is 5.24. The predicted molar refractivity (Wildman–Crippen MR) is 134 cm³/mol. The number of carbonyl (C=O) groups is 2. The topological polar surface area (TPSA) is 78.9 Å². The average molecular weight is 497 g/mol. The number of nitrogens with zero attached hydrogens (tertiary/aromatic N) is 1. The van der Waals surface area contributed by atoms with Gasteiger partial charge in [0.05, 0.1) is 17.1 Å². The molecule has 0 bridgehead atoms. The number of hydrogen-bond acceptors (Lipinski definition) is 5. The molecule has 3 aromatic rings. The Hall–Kier alpha value is -3.00. The Bertz CT molecular complexity index is 1190. The minimum Gasteiger partial charge on any atom is -0.489 e. The van der Waals surface area contributed by atoms with Gasteiger partial charge in [-0.1, -0.05) is 59.8 Å². The van der Waals surface area contributed by atoms with Crippen LogP contribution in [0.4, 0.5) is 5.69 Å². The van der Waals surface area contributed by atoms with Crippen LogP contribution in [0.1, 0.15) is 18.9 Å². The smallest absolute Gasteiger partial charge is 0.305 e. The number of carboxylic acids is 1. The summed E-state index contributed by atoms with van der Waals surface area (Å²) in [5, 5.41) is 12.7. The lowest BCUT2D eigenvalue weighted by Crippen LogP contribution is -2.63. The third-order valence-electron chi connectivity index (χ3n) is 5.57. The minimum absolute atomic E-state index is 0.295. The molecule has 1 aliphatic rings. The lowest BCUT2D eigenvalue weighted by molar-refractivity contribution is -0.142. The number of carbonyl (C=O) groups excluding carboxylic acids is 1. The highest BCUT2D eigenvalue weighted by atomic mass is 35.5. The van der Waals surface area contributed by atoms with Crippen LogP contribution in [0.25, 0.3) is 0 Å². The molecule has 0 aliphatic carbocycles. The van der Waals surface area contributed by atoms with E-state index >= 15 is 0 Å². The van der Waals surface area contributed by atoms with Crippen LogP contribution in [0, 0.1) is 0 Å². The Morgan fingerprint density at radius 1 is 1.12 bits per heavy atom. The molecule has 0 radical (unpaired) electrons. The van der Waals surface area contributed by atoms with Crippen LogP contribution < -0.4 is 15.0 Å². The van der Waals surface area contributed by atoms with Crippen molar-refractivity contribution in [3.8, 4) is 5.75 Å². The number of amides is 1. The Labute approximate surface area is 207 Å². The Morgan fingerprint density at radius 2 is 1.88 bits per heavy atom. The molecule has 1 heterocycles. The van der Waals surface area contributed by atoms with E-state index in [2.05, 4.69) is 5.32 Å². The molecular weight excluding hydrogens is 472 g/mol. The zero-order valence-electron chi connectivity index (χ0n) is 18.7. The van der Waals surface area contributed by atoms with E-state index in [0.717, 1.165) is 21.1 Å². The zero-order valence-corrected chi connectivity index (χ0v) is 20.2. The standard InChI is InChI=1S/C26H25ClN2O4S/c1-26(16-24(30)31)25(32)29(13-12-28-26)23-11-10-21(15-22(23)27)34-20-9-5-8-19(14-20)33-17-18-6-3-2-4-7-18/h2-11,14-15,28H,12-13,16-17H2,1H3,(H,30,31)/t26-/m0/s1. The highest BCUT2D eigenvalue weighted by molar-refractivity contribution is 7.99. The number of benzene rings is 3. The van der Waals surface area contributed by atoms with Gasteiger partial charge in [-0.25, -0.2) is 0 Å². The van der Waals surface area contributed by atoms with E-state index < -0.39 is 11.5 Å². The highest BCUT2D eigenvalue weighted by Gasteiger charge is 2.42. The van der Waals surface area contributed by atoms with Gasteiger partial charge in [0.1, 0.15) is 17.9 Å². The van der Waals surface area contributed by atoms with Gasteiger partial charge in [0.15, 0.2) is 0 Å². The monoisotopic (exact) mass is 496 g/mol. The molecule has 1 fully saturated rings. The number of anilines is 1. The lowest BCUT2D eigenvalue weighted by atomic mass is 9.93. The van der Waals surface area contributed by atoms with E-state index in [1.807, 2.05) is 72.8 Å². The number of piperazine rings is 1. The molecule has 0 spiro atoms. The van der Waals surface area contributed by atoms with Crippen molar-refractivity contribution in [2.24, 2.45) is 0 Å². The maximum Gasteiger partial charge on any atom is 0.305 e. The maximum atomic E-state index is 13.0. The molecule has 1 atom stereocenters. The fraction of sp³-hybridized carbons (Fsp3) is 0.231. The summed E-state index contributed by atoms with van der Waals surface area (Å²) in [6.07, 6.45) is -0.295. The summed E-state index contributed by atoms with van der Waals surface area (Å²) < 4.78 is 5.92. The molecule has 8 heteroatoms. The van der Waals surface area contributed by atoms with Gasteiger partial charge in [0.2, 0.25) is 5.91 Å². The SMILES string of the molecule is C[C@@]1(CC(=O)O)NCCN(c2ccc(Sc3cccc(OCc4ccccc4)c3)cc2Cl)C1=O. The van der Waals surface area contributed by atoms with Crippen LogP contribution in [0.15, 0.2) is 82.6 Å². The molecule has 1 amide bonds. The molecule has 1 saturated heterocycles. The second-order valence-electron chi connectivity index (χ2n) is 8.25. The van der Waals surface area contributed by atoms with Crippen LogP contribution in [0.3, 0.4) is 0 Å². The van der Waals surface area contributed by atoms with Gasteiger partial charge in [-0.15, -0.1) is 0 Å². The van der Waals surface area contributed by atoms with Crippen LogP contribution in [0.5, 0.6) is 5.75 Å². The number of aliphatic carboxylic acids is 1. The van der Waals surface area contributed by atoms with Crippen molar-refractivity contribution < 1.29 is 19.4 Å². The van der Waals surface area contributed by atoms with Crippen LogP contribution in [0.2, 0.25) is 5.02 Å². The van der Waals surface area contributed by atoms with Gasteiger partial charge in [-0.2, -0.15) is 0 Å². The van der Waals surface area contributed by atoms with Gasteiger partial charge < -0.3 is 20.1 Å². The third-order valence-corrected chi connectivity index (χ3v) is 6.85. The fourth-order valence-corrected chi connectivity index (χ4v) is 5.12.